The van der Waals surface area contributed by atoms with Crippen LogP contribution >= 0.6 is 0 Å². The highest BCUT2D eigenvalue weighted by Gasteiger charge is 2.37. The van der Waals surface area contributed by atoms with Gasteiger partial charge in [-0.15, -0.1) is 0 Å². The summed E-state index contributed by atoms with van der Waals surface area (Å²) < 4.78 is 0. The summed E-state index contributed by atoms with van der Waals surface area (Å²) in [5.41, 5.74) is 11.3. The van der Waals surface area contributed by atoms with Gasteiger partial charge in [0.2, 0.25) is 0 Å². The summed E-state index contributed by atoms with van der Waals surface area (Å²) in [6, 6.07) is 56.5. The third-order valence-corrected chi connectivity index (χ3v) is 9.57. The predicted molar refractivity (Wildman–Crippen MR) is 198 cm³/mol. The van der Waals surface area contributed by atoms with Crippen molar-refractivity contribution in [3.8, 4) is 11.1 Å². The summed E-state index contributed by atoms with van der Waals surface area (Å²) in [4.78, 5) is 16.3. The Morgan fingerprint density at radius 1 is 0.500 bits per heavy atom. The minimum atomic E-state index is -0.937. The van der Waals surface area contributed by atoms with Crippen LogP contribution in [0.3, 0.4) is 0 Å². The molecule has 0 spiro atoms. The highest BCUT2D eigenvalue weighted by atomic mass is 16.4. The zero-order valence-electron chi connectivity index (χ0n) is 26.8. The number of para-hydroxylation sites is 2. The maximum Gasteiger partial charge on any atom is 0.335 e. The van der Waals surface area contributed by atoms with E-state index in [2.05, 4.69) is 163 Å². The number of hydrogen-bond acceptors (Lipinski definition) is 3. The molecule has 1 aliphatic carbocycles. The molecule has 0 saturated heterocycles. The minimum absolute atomic E-state index is 0.262. The van der Waals surface area contributed by atoms with E-state index in [1.807, 2.05) is 12.1 Å². The number of carboxylic acid groups (broad SMARTS) is 1. The molecule has 232 valence electrons. The Bertz CT molecular complexity index is 2250. The predicted octanol–water partition coefficient (Wildman–Crippen LogP) is 11.8. The van der Waals surface area contributed by atoms with Crippen LogP contribution in [0.1, 0.15) is 35.3 Å². The van der Waals surface area contributed by atoms with Crippen molar-refractivity contribution in [2.75, 3.05) is 9.80 Å². The SMILES string of the molecule is CC1(C)c2cc(N(c3ccccc3)c3ccccc3)ccc2-c2ccc(N(c3ccc(C(=O)O)cc3)c3cccc4ccccc34)cc21. The Hall–Kier alpha value is -6.13. The van der Waals surface area contributed by atoms with Crippen LogP contribution in [-0.2, 0) is 5.41 Å². The third kappa shape index (κ3) is 4.90. The molecule has 0 fully saturated rings. The highest BCUT2D eigenvalue weighted by molar-refractivity contribution is 6.00. The van der Waals surface area contributed by atoms with Gasteiger partial charge in [-0.2, -0.15) is 0 Å². The lowest BCUT2D eigenvalue weighted by Crippen LogP contribution is -2.17. The molecule has 0 unspecified atom stereocenters. The van der Waals surface area contributed by atoms with Crippen molar-refractivity contribution >= 4 is 50.9 Å². The van der Waals surface area contributed by atoms with Gasteiger partial charge in [-0.05, 0) is 107 Å². The van der Waals surface area contributed by atoms with E-state index in [1.165, 1.54) is 22.3 Å². The van der Waals surface area contributed by atoms with Gasteiger partial charge in [-0.3, -0.25) is 0 Å². The second-order valence-electron chi connectivity index (χ2n) is 12.8. The van der Waals surface area contributed by atoms with E-state index in [0.29, 0.717) is 0 Å². The van der Waals surface area contributed by atoms with E-state index in [-0.39, 0.29) is 11.0 Å². The lowest BCUT2D eigenvalue weighted by atomic mass is 9.82. The molecule has 7 aromatic rings. The molecule has 0 aromatic heterocycles. The van der Waals surface area contributed by atoms with Crippen LogP contribution < -0.4 is 9.80 Å². The molecule has 0 bridgehead atoms. The zero-order chi connectivity index (χ0) is 32.8. The molecule has 0 atom stereocenters. The second-order valence-corrected chi connectivity index (χ2v) is 12.8. The molecule has 0 radical (unpaired) electrons. The maximum atomic E-state index is 11.7. The largest absolute Gasteiger partial charge is 0.478 e. The number of carbonyl (C=O) groups is 1. The van der Waals surface area contributed by atoms with Gasteiger partial charge in [0.05, 0.1) is 11.3 Å². The fourth-order valence-electron chi connectivity index (χ4n) is 7.18. The van der Waals surface area contributed by atoms with Gasteiger partial charge in [0.1, 0.15) is 0 Å². The van der Waals surface area contributed by atoms with Crippen LogP contribution in [0.2, 0.25) is 0 Å². The van der Waals surface area contributed by atoms with Crippen LogP contribution in [0.25, 0.3) is 21.9 Å². The van der Waals surface area contributed by atoms with Crippen LogP contribution in [0.4, 0.5) is 34.1 Å². The van der Waals surface area contributed by atoms with E-state index in [0.717, 1.165) is 44.9 Å². The van der Waals surface area contributed by atoms with E-state index in [4.69, 9.17) is 0 Å². The summed E-state index contributed by atoms with van der Waals surface area (Å²) in [5.74, 6) is -0.937. The Morgan fingerprint density at radius 2 is 0.979 bits per heavy atom. The normalized spacial score (nSPS) is 12.7. The Morgan fingerprint density at radius 3 is 1.56 bits per heavy atom. The molecule has 7 aromatic carbocycles. The average molecular weight is 623 g/mol. The van der Waals surface area contributed by atoms with E-state index >= 15 is 0 Å². The van der Waals surface area contributed by atoms with Gasteiger partial charge in [-0.1, -0.05) is 98.8 Å². The monoisotopic (exact) mass is 622 g/mol. The Kier molecular flexibility index (Phi) is 7.07. The van der Waals surface area contributed by atoms with Gasteiger partial charge >= 0.3 is 5.97 Å². The summed E-state index contributed by atoms with van der Waals surface area (Å²) in [6.45, 7) is 4.62. The zero-order valence-corrected chi connectivity index (χ0v) is 26.8. The number of benzene rings is 7. The molecular weight excluding hydrogens is 588 g/mol. The lowest BCUT2D eigenvalue weighted by Gasteiger charge is -2.29. The number of hydrogen-bond donors (Lipinski definition) is 1. The van der Waals surface area contributed by atoms with Gasteiger partial charge in [0.25, 0.3) is 0 Å². The topological polar surface area (TPSA) is 43.8 Å². The number of rotatable bonds is 7. The standard InChI is InChI=1S/C44H34N2O2/c1-44(2)40-28-35(45(32-14-5-3-6-15-32)33-16-7-4-8-17-33)24-26-38(40)39-27-25-36(29-41(39)44)46(34-22-20-31(21-23-34)43(47)48)42-19-11-13-30-12-9-10-18-37(30)42/h3-29H,1-2H3,(H,47,48). The summed E-state index contributed by atoms with van der Waals surface area (Å²) in [7, 11) is 0. The molecule has 0 aliphatic heterocycles. The number of aromatic carboxylic acids is 1. The fourth-order valence-corrected chi connectivity index (χ4v) is 7.18. The number of carboxylic acids is 1. The molecule has 4 heteroatoms. The number of anilines is 6. The molecule has 0 heterocycles. The minimum Gasteiger partial charge on any atom is -0.478 e. The molecule has 0 saturated carbocycles. The number of fused-ring (bicyclic) bond motifs is 4. The summed E-state index contributed by atoms with van der Waals surface area (Å²) in [5, 5.41) is 11.9. The van der Waals surface area contributed by atoms with E-state index < -0.39 is 5.97 Å². The van der Waals surface area contributed by atoms with E-state index in [1.54, 1.807) is 12.1 Å². The summed E-state index contributed by atoms with van der Waals surface area (Å²) >= 11 is 0. The first-order valence-corrected chi connectivity index (χ1v) is 16.2. The quantitative estimate of drug-likeness (QED) is 0.192. The summed E-state index contributed by atoms with van der Waals surface area (Å²) in [6.07, 6.45) is 0. The number of nitrogens with zero attached hydrogens (tertiary/aromatic N) is 2. The average Bonchev–Trinajstić information content (AvgIpc) is 3.35. The van der Waals surface area contributed by atoms with Crippen molar-refractivity contribution in [3.05, 3.63) is 180 Å². The van der Waals surface area contributed by atoms with Crippen molar-refractivity contribution in [3.63, 3.8) is 0 Å². The first-order chi connectivity index (χ1) is 23.4. The Labute approximate surface area is 280 Å². The van der Waals surface area contributed by atoms with Gasteiger partial charge in [0.15, 0.2) is 0 Å². The third-order valence-electron chi connectivity index (χ3n) is 9.57. The first-order valence-electron chi connectivity index (χ1n) is 16.2. The second kappa shape index (κ2) is 11.6. The Balaban J connectivity index is 1.26. The first kappa shape index (κ1) is 29.3. The van der Waals surface area contributed by atoms with Crippen molar-refractivity contribution in [1.29, 1.82) is 0 Å². The molecule has 48 heavy (non-hydrogen) atoms. The molecule has 1 aliphatic rings. The van der Waals surface area contributed by atoms with Gasteiger partial charge in [-0.25, -0.2) is 4.79 Å². The van der Waals surface area contributed by atoms with Crippen molar-refractivity contribution in [1.82, 2.24) is 0 Å². The maximum absolute atomic E-state index is 11.7. The molecular formula is C44H34N2O2. The smallest absolute Gasteiger partial charge is 0.335 e. The molecule has 1 N–H and O–H groups in total. The molecule has 4 nitrogen and oxygen atoms in total. The van der Waals surface area contributed by atoms with Crippen LogP contribution in [-0.4, -0.2) is 11.1 Å². The highest BCUT2D eigenvalue weighted by Crippen LogP contribution is 2.52. The van der Waals surface area contributed by atoms with Crippen molar-refractivity contribution in [2.45, 2.75) is 19.3 Å². The van der Waals surface area contributed by atoms with E-state index in [9.17, 15) is 9.90 Å². The van der Waals surface area contributed by atoms with Crippen molar-refractivity contribution in [2.24, 2.45) is 0 Å². The lowest BCUT2D eigenvalue weighted by molar-refractivity contribution is 0.0697. The molecule has 0 amide bonds. The van der Waals surface area contributed by atoms with Gasteiger partial charge < -0.3 is 14.9 Å². The van der Waals surface area contributed by atoms with Crippen molar-refractivity contribution < 1.29 is 9.90 Å². The van der Waals surface area contributed by atoms with Gasteiger partial charge in [0, 0.05) is 39.2 Å². The van der Waals surface area contributed by atoms with Crippen LogP contribution in [0.5, 0.6) is 0 Å². The van der Waals surface area contributed by atoms with Crippen LogP contribution in [0.15, 0.2) is 164 Å². The van der Waals surface area contributed by atoms with Crippen LogP contribution in [0, 0.1) is 0 Å². The fraction of sp³-hybridized carbons (Fsp3) is 0.0682. The molecule has 8 rings (SSSR count).